The van der Waals surface area contributed by atoms with Crippen molar-refractivity contribution in [3.8, 4) is 0 Å². The summed E-state index contributed by atoms with van der Waals surface area (Å²) < 4.78 is 0. The third-order valence-electron chi connectivity index (χ3n) is 3.52. The molecule has 0 amide bonds. The molecule has 0 aliphatic heterocycles. The van der Waals surface area contributed by atoms with Crippen molar-refractivity contribution >= 4 is 34.1 Å². The lowest BCUT2D eigenvalue weighted by Gasteiger charge is -2.04. The lowest BCUT2D eigenvalue weighted by Crippen LogP contribution is -1.96. The summed E-state index contributed by atoms with van der Waals surface area (Å²) in [5.74, 6) is -2.01. The minimum absolute atomic E-state index is 0.171. The van der Waals surface area contributed by atoms with E-state index in [9.17, 15) is 14.7 Å². The van der Waals surface area contributed by atoms with Gasteiger partial charge in [-0.1, -0.05) is 24.3 Å². The highest BCUT2D eigenvalue weighted by Gasteiger charge is 2.10. The number of benzene rings is 3. The van der Waals surface area contributed by atoms with Crippen LogP contribution in [0.3, 0.4) is 0 Å². The van der Waals surface area contributed by atoms with E-state index in [4.69, 9.17) is 5.11 Å². The van der Waals surface area contributed by atoms with Gasteiger partial charge in [0.25, 0.3) is 0 Å². The minimum Gasteiger partial charge on any atom is -0.478 e. The van der Waals surface area contributed by atoms with Crippen molar-refractivity contribution in [2.45, 2.75) is 0 Å². The molecule has 24 heavy (non-hydrogen) atoms. The fourth-order valence-corrected chi connectivity index (χ4v) is 2.34. The molecular formula is C18H12N2O4. The second kappa shape index (κ2) is 6.29. The third-order valence-corrected chi connectivity index (χ3v) is 3.52. The summed E-state index contributed by atoms with van der Waals surface area (Å²) in [6.45, 7) is 0. The molecule has 3 aromatic rings. The van der Waals surface area contributed by atoms with E-state index in [2.05, 4.69) is 10.2 Å². The Morgan fingerprint density at radius 2 is 1.38 bits per heavy atom. The Bertz CT molecular complexity index is 962. The van der Waals surface area contributed by atoms with Gasteiger partial charge < -0.3 is 10.2 Å². The SMILES string of the molecule is O=C(O)c1ccc(/N=N/c2ccc(C(=O)O)c3ccccc23)cc1. The Morgan fingerprint density at radius 1 is 0.708 bits per heavy atom. The molecule has 2 N–H and O–H groups in total. The van der Waals surface area contributed by atoms with E-state index in [0.717, 1.165) is 0 Å². The molecule has 0 unspecified atom stereocenters. The number of carboxylic acids is 2. The molecule has 0 fully saturated rings. The first-order chi connectivity index (χ1) is 11.6. The van der Waals surface area contributed by atoms with Gasteiger partial charge in [-0.3, -0.25) is 0 Å². The standard InChI is InChI=1S/C18H12N2O4/c21-17(22)11-5-7-12(8-6-11)19-20-16-10-9-15(18(23)24)13-3-1-2-4-14(13)16/h1-10H,(H,21,22)(H,23,24)/b20-19+. The minimum atomic E-state index is -1.01. The number of nitrogens with zero attached hydrogens (tertiary/aromatic N) is 2. The van der Waals surface area contributed by atoms with Crippen LogP contribution in [0.15, 0.2) is 70.9 Å². The van der Waals surface area contributed by atoms with E-state index in [1.807, 2.05) is 0 Å². The van der Waals surface area contributed by atoms with Crippen LogP contribution in [0.5, 0.6) is 0 Å². The molecule has 0 saturated heterocycles. The first kappa shape index (κ1) is 15.4. The predicted octanol–water partition coefficient (Wildman–Crippen LogP) is 4.65. The average molecular weight is 320 g/mol. The largest absolute Gasteiger partial charge is 0.478 e. The monoisotopic (exact) mass is 320 g/mol. The van der Waals surface area contributed by atoms with Crippen LogP contribution in [0.25, 0.3) is 10.8 Å². The van der Waals surface area contributed by atoms with Gasteiger partial charge >= 0.3 is 11.9 Å². The number of carbonyl (C=O) groups is 2. The fraction of sp³-hybridized carbons (Fsp3) is 0. The predicted molar refractivity (Wildman–Crippen MR) is 88.5 cm³/mol. The van der Waals surface area contributed by atoms with Crippen LogP contribution in [0, 0.1) is 0 Å². The number of hydrogen-bond acceptors (Lipinski definition) is 4. The molecule has 0 radical (unpaired) electrons. The lowest BCUT2D eigenvalue weighted by atomic mass is 10.0. The van der Waals surface area contributed by atoms with Crippen LogP contribution in [0.1, 0.15) is 20.7 Å². The summed E-state index contributed by atoms with van der Waals surface area (Å²) in [6, 6.07) is 16.2. The van der Waals surface area contributed by atoms with Crippen molar-refractivity contribution in [1.29, 1.82) is 0 Å². The zero-order valence-corrected chi connectivity index (χ0v) is 12.4. The zero-order chi connectivity index (χ0) is 17.1. The van der Waals surface area contributed by atoms with Gasteiger partial charge in [-0.05, 0) is 41.8 Å². The first-order valence-corrected chi connectivity index (χ1v) is 7.06. The van der Waals surface area contributed by atoms with E-state index in [1.165, 1.54) is 18.2 Å². The van der Waals surface area contributed by atoms with Crippen molar-refractivity contribution in [2.75, 3.05) is 0 Å². The maximum absolute atomic E-state index is 11.3. The molecule has 0 saturated carbocycles. The average Bonchev–Trinajstić information content (AvgIpc) is 2.59. The zero-order valence-electron chi connectivity index (χ0n) is 12.4. The molecular weight excluding hydrogens is 308 g/mol. The van der Waals surface area contributed by atoms with Crippen LogP contribution in [0.2, 0.25) is 0 Å². The number of carboxylic acid groups (broad SMARTS) is 2. The van der Waals surface area contributed by atoms with Gasteiger partial charge in [0.1, 0.15) is 0 Å². The molecule has 6 heteroatoms. The molecule has 0 heterocycles. The maximum atomic E-state index is 11.3. The molecule has 118 valence electrons. The summed E-state index contributed by atoms with van der Waals surface area (Å²) >= 11 is 0. The van der Waals surface area contributed by atoms with E-state index in [0.29, 0.717) is 22.1 Å². The normalized spacial score (nSPS) is 11.0. The number of fused-ring (bicyclic) bond motifs is 1. The summed E-state index contributed by atoms with van der Waals surface area (Å²) in [7, 11) is 0. The third kappa shape index (κ3) is 2.98. The van der Waals surface area contributed by atoms with Crippen molar-refractivity contribution in [3.63, 3.8) is 0 Å². The number of aromatic carboxylic acids is 2. The number of hydrogen-bond donors (Lipinski definition) is 2. The van der Waals surface area contributed by atoms with Crippen LogP contribution >= 0.6 is 0 Å². The molecule has 0 atom stereocenters. The van der Waals surface area contributed by atoms with Gasteiger partial charge in [-0.25, -0.2) is 9.59 Å². The second-order valence-electron chi connectivity index (χ2n) is 5.04. The highest BCUT2D eigenvalue weighted by molar-refractivity contribution is 6.07. The van der Waals surface area contributed by atoms with E-state index in [-0.39, 0.29) is 11.1 Å². The van der Waals surface area contributed by atoms with E-state index in [1.54, 1.807) is 42.5 Å². The van der Waals surface area contributed by atoms with Crippen molar-refractivity contribution in [1.82, 2.24) is 0 Å². The molecule has 3 rings (SSSR count). The summed E-state index contributed by atoms with van der Waals surface area (Å²) in [6.07, 6.45) is 0. The van der Waals surface area contributed by atoms with Crippen molar-refractivity contribution in [3.05, 3.63) is 71.8 Å². The Morgan fingerprint density at radius 3 is 2.00 bits per heavy atom. The smallest absolute Gasteiger partial charge is 0.336 e. The highest BCUT2D eigenvalue weighted by atomic mass is 16.4. The summed E-state index contributed by atoms with van der Waals surface area (Å²) in [4.78, 5) is 22.1. The molecule has 0 aliphatic carbocycles. The van der Waals surface area contributed by atoms with Crippen LogP contribution in [0.4, 0.5) is 11.4 Å². The molecule has 6 nitrogen and oxygen atoms in total. The topological polar surface area (TPSA) is 99.3 Å². The van der Waals surface area contributed by atoms with Crippen molar-refractivity contribution in [2.24, 2.45) is 10.2 Å². The first-order valence-electron chi connectivity index (χ1n) is 7.06. The lowest BCUT2D eigenvalue weighted by molar-refractivity contribution is 0.0687. The fourth-order valence-electron chi connectivity index (χ4n) is 2.34. The molecule has 3 aromatic carbocycles. The molecule has 0 aromatic heterocycles. The molecule has 0 bridgehead atoms. The van der Waals surface area contributed by atoms with Crippen LogP contribution in [-0.2, 0) is 0 Å². The van der Waals surface area contributed by atoms with Crippen LogP contribution < -0.4 is 0 Å². The summed E-state index contributed by atoms with van der Waals surface area (Å²) in [5.41, 5.74) is 1.42. The molecule has 0 aliphatic rings. The van der Waals surface area contributed by atoms with Gasteiger partial charge in [0.15, 0.2) is 0 Å². The molecule has 0 spiro atoms. The Labute approximate surface area is 136 Å². The number of rotatable bonds is 4. The highest BCUT2D eigenvalue weighted by Crippen LogP contribution is 2.30. The van der Waals surface area contributed by atoms with Crippen molar-refractivity contribution < 1.29 is 19.8 Å². The van der Waals surface area contributed by atoms with Crippen LogP contribution in [-0.4, -0.2) is 22.2 Å². The van der Waals surface area contributed by atoms with E-state index >= 15 is 0 Å². The van der Waals surface area contributed by atoms with Gasteiger partial charge in [0, 0.05) is 5.39 Å². The quantitative estimate of drug-likeness (QED) is 0.683. The maximum Gasteiger partial charge on any atom is 0.336 e. The van der Waals surface area contributed by atoms with Gasteiger partial charge in [-0.15, -0.1) is 5.11 Å². The second-order valence-corrected chi connectivity index (χ2v) is 5.04. The van der Waals surface area contributed by atoms with Gasteiger partial charge in [0.05, 0.1) is 22.5 Å². The Balaban J connectivity index is 1.99. The number of azo groups is 1. The Kier molecular flexibility index (Phi) is 4.03. The van der Waals surface area contributed by atoms with Gasteiger partial charge in [-0.2, -0.15) is 5.11 Å². The van der Waals surface area contributed by atoms with E-state index < -0.39 is 11.9 Å². The van der Waals surface area contributed by atoms with Gasteiger partial charge in [0.2, 0.25) is 0 Å². The summed E-state index contributed by atoms with van der Waals surface area (Å²) in [5, 5.41) is 27.6. The Hall–Kier alpha value is -3.54.